The minimum atomic E-state index is -3.29. The van der Waals surface area contributed by atoms with E-state index in [2.05, 4.69) is 20.6 Å². The summed E-state index contributed by atoms with van der Waals surface area (Å²) in [6.45, 7) is 0.603. The molecule has 1 amide bonds. The third-order valence-electron chi connectivity index (χ3n) is 5.60. The number of amides is 1. The molecule has 1 aliphatic heterocycles. The SMILES string of the molecule is Cc1nc(C(=O)Nc2ccc(F)c(C3N=C(N)OC4CC(F)(F)CC43NCC(F)F)c2)co1. The number of aromatic nitrogens is 1. The van der Waals surface area contributed by atoms with Crippen molar-refractivity contribution in [3.63, 3.8) is 0 Å². The molecule has 2 heterocycles. The molecular weight excluding hydrogens is 453 g/mol. The number of carbonyl (C=O) groups excluding carboxylic acids is 1. The predicted molar refractivity (Wildman–Crippen MR) is 106 cm³/mol. The Morgan fingerprint density at radius 1 is 1.36 bits per heavy atom. The van der Waals surface area contributed by atoms with Crippen molar-refractivity contribution in [2.45, 2.75) is 49.8 Å². The molecule has 178 valence electrons. The molecule has 0 saturated heterocycles. The lowest BCUT2D eigenvalue weighted by Crippen LogP contribution is -2.60. The Kier molecular flexibility index (Phi) is 5.76. The van der Waals surface area contributed by atoms with Gasteiger partial charge in [0.05, 0.1) is 18.5 Å². The number of aliphatic imine (C=N–C) groups is 1. The Bertz CT molecular complexity index is 1090. The van der Waals surface area contributed by atoms with Crippen molar-refractivity contribution in [3.05, 3.63) is 47.4 Å². The molecule has 2 aromatic rings. The minimum Gasteiger partial charge on any atom is -0.460 e. The van der Waals surface area contributed by atoms with Crippen LogP contribution in [0.25, 0.3) is 0 Å². The van der Waals surface area contributed by atoms with E-state index in [0.29, 0.717) is 0 Å². The van der Waals surface area contributed by atoms with E-state index in [4.69, 9.17) is 14.9 Å². The maximum Gasteiger partial charge on any atom is 0.282 e. The number of alkyl halides is 4. The van der Waals surface area contributed by atoms with Crippen LogP contribution in [0.5, 0.6) is 0 Å². The molecule has 4 N–H and O–H groups in total. The molecule has 0 bridgehead atoms. The molecule has 0 radical (unpaired) electrons. The Morgan fingerprint density at radius 3 is 2.79 bits per heavy atom. The molecule has 0 spiro atoms. The first-order valence-corrected chi connectivity index (χ1v) is 9.93. The van der Waals surface area contributed by atoms with Crippen LogP contribution in [0.2, 0.25) is 0 Å². The summed E-state index contributed by atoms with van der Waals surface area (Å²) >= 11 is 0. The van der Waals surface area contributed by atoms with Gasteiger partial charge in [0.25, 0.3) is 24.3 Å². The maximum absolute atomic E-state index is 14.9. The number of halogens is 5. The summed E-state index contributed by atoms with van der Waals surface area (Å²) in [6, 6.07) is 1.55. The molecule has 33 heavy (non-hydrogen) atoms. The Labute approximate surface area is 184 Å². The van der Waals surface area contributed by atoms with Gasteiger partial charge in [-0.2, -0.15) is 0 Å². The second-order valence-electron chi connectivity index (χ2n) is 7.97. The number of aryl methyl sites for hydroxylation is 1. The van der Waals surface area contributed by atoms with Gasteiger partial charge >= 0.3 is 0 Å². The van der Waals surface area contributed by atoms with Crippen LogP contribution in [0.1, 0.15) is 40.8 Å². The van der Waals surface area contributed by atoms with Gasteiger partial charge in [0.2, 0.25) is 0 Å². The zero-order valence-corrected chi connectivity index (χ0v) is 17.2. The number of rotatable bonds is 6. The molecular formula is C20H20F5N5O3. The molecule has 1 aromatic heterocycles. The fraction of sp³-hybridized carbons (Fsp3) is 0.450. The third kappa shape index (κ3) is 4.49. The number of hydrogen-bond donors (Lipinski definition) is 3. The Balaban J connectivity index is 1.72. The van der Waals surface area contributed by atoms with Gasteiger partial charge in [0.1, 0.15) is 24.2 Å². The lowest BCUT2D eigenvalue weighted by molar-refractivity contribution is -0.00415. The third-order valence-corrected chi connectivity index (χ3v) is 5.60. The second-order valence-corrected chi connectivity index (χ2v) is 7.97. The number of hydrogen-bond acceptors (Lipinski definition) is 7. The summed E-state index contributed by atoms with van der Waals surface area (Å²) in [7, 11) is 0. The first kappa shape index (κ1) is 23.0. The number of oxazole rings is 1. The fourth-order valence-electron chi connectivity index (χ4n) is 4.29. The fourth-order valence-corrected chi connectivity index (χ4v) is 4.29. The van der Waals surface area contributed by atoms with Crippen molar-refractivity contribution in [3.8, 4) is 0 Å². The van der Waals surface area contributed by atoms with Crippen molar-refractivity contribution < 1.29 is 35.9 Å². The number of nitrogens with zero attached hydrogens (tertiary/aromatic N) is 2. The Morgan fingerprint density at radius 2 is 2.12 bits per heavy atom. The van der Waals surface area contributed by atoms with E-state index in [9.17, 15) is 26.7 Å². The first-order valence-electron chi connectivity index (χ1n) is 9.93. The molecule has 3 atom stereocenters. The van der Waals surface area contributed by atoms with Gasteiger partial charge in [0, 0.05) is 24.6 Å². The summed E-state index contributed by atoms with van der Waals surface area (Å²) in [6.07, 6.45) is -4.79. The molecule has 13 heteroatoms. The van der Waals surface area contributed by atoms with Crippen molar-refractivity contribution in [1.82, 2.24) is 10.3 Å². The number of amidine groups is 1. The number of fused-ring (bicyclic) bond motifs is 1. The summed E-state index contributed by atoms with van der Waals surface area (Å²) in [5.41, 5.74) is 3.66. The van der Waals surface area contributed by atoms with E-state index in [1.54, 1.807) is 6.92 Å². The number of benzene rings is 1. The van der Waals surface area contributed by atoms with Gasteiger partial charge in [-0.1, -0.05) is 0 Å². The highest BCUT2D eigenvalue weighted by molar-refractivity contribution is 6.02. The van der Waals surface area contributed by atoms with Gasteiger partial charge in [-0.3, -0.25) is 4.79 Å². The lowest BCUT2D eigenvalue weighted by Gasteiger charge is -2.43. The number of nitrogens with one attached hydrogen (secondary N) is 2. The Hall–Kier alpha value is -3.22. The zero-order chi connectivity index (χ0) is 24.0. The van der Waals surface area contributed by atoms with Crippen molar-refractivity contribution >= 4 is 17.6 Å². The van der Waals surface area contributed by atoms with E-state index >= 15 is 0 Å². The molecule has 2 aliphatic rings. The summed E-state index contributed by atoms with van der Waals surface area (Å²) < 4.78 is 80.0. The van der Waals surface area contributed by atoms with Crippen LogP contribution in [-0.2, 0) is 4.74 Å². The van der Waals surface area contributed by atoms with Crippen molar-refractivity contribution in [2.24, 2.45) is 10.7 Å². The zero-order valence-electron chi connectivity index (χ0n) is 17.2. The van der Waals surface area contributed by atoms with Crippen molar-refractivity contribution in [2.75, 3.05) is 11.9 Å². The number of nitrogens with two attached hydrogens (primary N) is 1. The van der Waals surface area contributed by atoms with E-state index in [1.165, 1.54) is 12.1 Å². The van der Waals surface area contributed by atoms with Crippen LogP contribution < -0.4 is 16.4 Å². The van der Waals surface area contributed by atoms with E-state index in [0.717, 1.165) is 12.3 Å². The monoisotopic (exact) mass is 473 g/mol. The number of ether oxygens (including phenoxy) is 1. The lowest BCUT2D eigenvalue weighted by atomic mass is 9.80. The molecule has 1 fully saturated rings. The summed E-state index contributed by atoms with van der Waals surface area (Å²) in [4.78, 5) is 20.3. The van der Waals surface area contributed by atoms with E-state index in [-0.39, 0.29) is 22.8 Å². The van der Waals surface area contributed by atoms with Gasteiger partial charge in [0.15, 0.2) is 11.6 Å². The average molecular weight is 473 g/mol. The highest BCUT2D eigenvalue weighted by Gasteiger charge is 2.63. The second kappa shape index (κ2) is 8.28. The standard InChI is InChI=1S/C20H20F5N5O3/c1-9-28-13(7-32-9)17(31)29-10-2-3-12(21)11(4-10)16-20(27-6-15(22)23)8-19(24,25)5-14(20)33-18(26)30-16/h2-4,7,14-16,27H,5-6,8H2,1H3,(H2,26,30)(H,29,31). The average Bonchev–Trinajstić information content (AvgIpc) is 3.27. The normalized spacial score (nSPS) is 26.0. The van der Waals surface area contributed by atoms with Crippen LogP contribution in [0.15, 0.2) is 33.9 Å². The van der Waals surface area contributed by atoms with Crippen LogP contribution in [0.4, 0.5) is 27.6 Å². The molecule has 8 nitrogen and oxygen atoms in total. The van der Waals surface area contributed by atoms with Crippen LogP contribution in [0, 0.1) is 12.7 Å². The largest absolute Gasteiger partial charge is 0.460 e. The highest BCUT2D eigenvalue weighted by atomic mass is 19.3. The molecule has 3 unspecified atom stereocenters. The minimum absolute atomic E-state index is 0.0303. The first-order chi connectivity index (χ1) is 15.5. The van der Waals surface area contributed by atoms with Gasteiger partial charge in [-0.05, 0) is 18.2 Å². The topological polar surface area (TPSA) is 115 Å². The molecule has 1 aliphatic carbocycles. The van der Waals surface area contributed by atoms with Gasteiger partial charge < -0.3 is 25.5 Å². The quantitative estimate of drug-likeness (QED) is 0.556. The van der Waals surface area contributed by atoms with Crippen LogP contribution in [0.3, 0.4) is 0 Å². The van der Waals surface area contributed by atoms with Gasteiger partial charge in [-0.15, -0.1) is 0 Å². The molecule has 1 saturated carbocycles. The molecule has 1 aromatic carbocycles. The van der Waals surface area contributed by atoms with Crippen LogP contribution >= 0.6 is 0 Å². The van der Waals surface area contributed by atoms with E-state index in [1.807, 2.05) is 0 Å². The maximum atomic E-state index is 14.9. The number of anilines is 1. The summed E-state index contributed by atoms with van der Waals surface area (Å²) in [5.74, 6) is -4.53. The van der Waals surface area contributed by atoms with Crippen LogP contribution in [-0.4, -0.2) is 47.4 Å². The predicted octanol–water partition coefficient (Wildman–Crippen LogP) is 3.15. The number of carbonyl (C=O) groups is 1. The summed E-state index contributed by atoms with van der Waals surface area (Å²) in [5, 5.41) is 4.94. The van der Waals surface area contributed by atoms with Gasteiger partial charge in [-0.25, -0.2) is 31.9 Å². The molecule has 4 rings (SSSR count). The highest BCUT2D eigenvalue weighted by Crippen LogP contribution is 2.52. The van der Waals surface area contributed by atoms with Crippen molar-refractivity contribution in [1.29, 1.82) is 0 Å². The van der Waals surface area contributed by atoms with E-state index < -0.39 is 67.2 Å². The smallest absolute Gasteiger partial charge is 0.282 e.